The standard InChI is InChI=1S/C14H19NO2/c1-10-8-13(9-11(2)12(10)3)14(16)15-4-6-17-7-5-15/h8-9H,4-7H2,1-3H3. The normalized spacial score (nSPS) is 16.1. The third-order valence-electron chi connectivity index (χ3n) is 3.47. The molecular formula is C14H19NO2. The lowest BCUT2D eigenvalue weighted by molar-refractivity contribution is 0.0303. The number of carbonyl (C=O) groups excluding carboxylic acids is 1. The number of aryl methyl sites for hydroxylation is 2. The molecule has 1 aliphatic heterocycles. The van der Waals surface area contributed by atoms with Crippen molar-refractivity contribution in [2.24, 2.45) is 0 Å². The number of carbonyl (C=O) groups is 1. The lowest BCUT2D eigenvalue weighted by Crippen LogP contribution is -2.40. The van der Waals surface area contributed by atoms with Crippen LogP contribution in [-0.2, 0) is 4.74 Å². The average Bonchev–Trinajstić information content (AvgIpc) is 2.35. The molecule has 3 nitrogen and oxygen atoms in total. The van der Waals surface area contributed by atoms with Gasteiger partial charge in [0.05, 0.1) is 13.2 Å². The Labute approximate surface area is 102 Å². The Kier molecular flexibility index (Phi) is 3.48. The number of nitrogens with zero attached hydrogens (tertiary/aromatic N) is 1. The molecule has 2 rings (SSSR count). The average molecular weight is 233 g/mol. The summed E-state index contributed by atoms with van der Waals surface area (Å²) >= 11 is 0. The minimum absolute atomic E-state index is 0.125. The van der Waals surface area contributed by atoms with Gasteiger partial charge in [-0.05, 0) is 49.6 Å². The Morgan fingerprint density at radius 3 is 2.18 bits per heavy atom. The lowest BCUT2D eigenvalue weighted by atomic mass is 10.00. The molecule has 3 heteroatoms. The molecule has 0 atom stereocenters. The zero-order valence-electron chi connectivity index (χ0n) is 10.7. The van der Waals surface area contributed by atoms with Crippen LogP contribution in [0.3, 0.4) is 0 Å². The Hall–Kier alpha value is -1.35. The van der Waals surface area contributed by atoms with Gasteiger partial charge in [-0.25, -0.2) is 0 Å². The number of amides is 1. The van der Waals surface area contributed by atoms with E-state index in [1.165, 1.54) is 16.7 Å². The van der Waals surface area contributed by atoms with Crippen LogP contribution in [0, 0.1) is 20.8 Å². The van der Waals surface area contributed by atoms with Crippen LogP contribution in [-0.4, -0.2) is 37.1 Å². The molecule has 1 amide bonds. The smallest absolute Gasteiger partial charge is 0.254 e. The van der Waals surface area contributed by atoms with Crippen molar-refractivity contribution in [3.8, 4) is 0 Å². The van der Waals surface area contributed by atoms with Crippen molar-refractivity contribution in [1.29, 1.82) is 0 Å². The van der Waals surface area contributed by atoms with E-state index >= 15 is 0 Å². The topological polar surface area (TPSA) is 29.5 Å². The van der Waals surface area contributed by atoms with Crippen molar-refractivity contribution in [2.45, 2.75) is 20.8 Å². The quantitative estimate of drug-likeness (QED) is 0.743. The first-order chi connectivity index (χ1) is 8.09. The molecule has 0 spiro atoms. The van der Waals surface area contributed by atoms with Gasteiger partial charge >= 0.3 is 0 Å². The minimum atomic E-state index is 0.125. The zero-order chi connectivity index (χ0) is 12.4. The van der Waals surface area contributed by atoms with Crippen LogP contribution in [0.1, 0.15) is 27.0 Å². The molecule has 1 aromatic carbocycles. The predicted molar refractivity (Wildman–Crippen MR) is 67.4 cm³/mol. The summed E-state index contributed by atoms with van der Waals surface area (Å²) < 4.78 is 5.26. The molecule has 1 heterocycles. The molecule has 0 bridgehead atoms. The predicted octanol–water partition coefficient (Wildman–Crippen LogP) is 2.08. The maximum absolute atomic E-state index is 12.3. The van der Waals surface area contributed by atoms with E-state index in [0.717, 1.165) is 5.56 Å². The van der Waals surface area contributed by atoms with Crippen LogP contribution in [0.2, 0.25) is 0 Å². The van der Waals surface area contributed by atoms with Gasteiger partial charge in [0.1, 0.15) is 0 Å². The summed E-state index contributed by atoms with van der Waals surface area (Å²) in [6, 6.07) is 3.97. The summed E-state index contributed by atoms with van der Waals surface area (Å²) in [5.74, 6) is 0.125. The van der Waals surface area contributed by atoms with Crippen LogP contribution < -0.4 is 0 Å². The SMILES string of the molecule is Cc1cc(C(=O)N2CCOCC2)cc(C)c1C. The number of rotatable bonds is 1. The van der Waals surface area contributed by atoms with E-state index in [0.29, 0.717) is 26.3 Å². The molecule has 1 saturated heterocycles. The van der Waals surface area contributed by atoms with Crippen LogP contribution in [0.25, 0.3) is 0 Å². The number of ether oxygens (including phenoxy) is 1. The molecule has 92 valence electrons. The summed E-state index contributed by atoms with van der Waals surface area (Å²) in [5.41, 5.74) is 4.43. The largest absolute Gasteiger partial charge is 0.378 e. The van der Waals surface area contributed by atoms with E-state index < -0.39 is 0 Å². The van der Waals surface area contributed by atoms with Crippen LogP contribution in [0.5, 0.6) is 0 Å². The Balaban J connectivity index is 2.24. The number of hydrogen-bond donors (Lipinski definition) is 0. The van der Waals surface area contributed by atoms with Gasteiger partial charge in [0, 0.05) is 18.7 Å². The third kappa shape index (κ3) is 2.50. The Bertz CT molecular complexity index is 411. The van der Waals surface area contributed by atoms with Gasteiger partial charge in [-0.15, -0.1) is 0 Å². The second kappa shape index (κ2) is 4.88. The second-order valence-corrected chi connectivity index (χ2v) is 4.64. The fraction of sp³-hybridized carbons (Fsp3) is 0.500. The van der Waals surface area contributed by atoms with E-state index in [1.807, 2.05) is 17.0 Å². The molecule has 0 aliphatic carbocycles. The van der Waals surface area contributed by atoms with Crippen molar-refractivity contribution in [2.75, 3.05) is 26.3 Å². The van der Waals surface area contributed by atoms with Gasteiger partial charge in [0.15, 0.2) is 0 Å². The number of benzene rings is 1. The summed E-state index contributed by atoms with van der Waals surface area (Å²) in [7, 11) is 0. The zero-order valence-corrected chi connectivity index (χ0v) is 10.7. The van der Waals surface area contributed by atoms with E-state index in [-0.39, 0.29) is 5.91 Å². The molecule has 1 fully saturated rings. The highest BCUT2D eigenvalue weighted by atomic mass is 16.5. The van der Waals surface area contributed by atoms with Gasteiger partial charge in [0.25, 0.3) is 5.91 Å². The molecule has 0 unspecified atom stereocenters. The van der Waals surface area contributed by atoms with Gasteiger partial charge in [0.2, 0.25) is 0 Å². The van der Waals surface area contributed by atoms with E-state index in [2.05, 4.69) is 20.8 Å². The molecule has 1 aliphatic rings. The van der Waals surface area contributed by atoms with Gasteiger partial charge < -0.3 is 9.64 Å². The van der Waals surface area contributed by atoms with Crippen molar-refractivity contribution in [3.05, 3.63) is 34.4 Å². The molecule has 0 saturated carbocycles. The molecule has 0 N–H and O–H groups in total. The number of hydrogen-bond acceptors (Lipinski definition) is 2. The number of morpholine rings is 1. The highest BCUT2D eigenvalue weighted by Gasteiger charge is 2.19. The monoisotopic (exact) mass is 233 g/mol. The molecular weight excluding hydrogens is 214 g/mol. The Morgan fingerprint density at radius 2 is 1.65 bits per heavy atom. The summed E-state index contributed by atoms with van der Waals surface area (Å²) in [6.07, 6.45) is 0. The third-order valence-corrected chi connectivity index (χ3v) is 3.47. The van der Waals surface area contributed by atoms with Crippen molar-refractivity contribution >= 4 is 5.91 Å². The van der Waals surface area contributed by atoms with Crippen LogP contribution in [0.4, 0.5) is 0 Å². The van der Waals surface area contributed by atoms with Crippen molar-refractivity contribution < 1.29 is 9.53 Å². The maximum Gasteiger partial charge on any atom is 0.254 e. The maximum atomic E-state index is 12.3. The van der Waals surface area contributed by atoms with E-state index in [1.54, 1.807) is 0 Å². The fourth-order valence-electron chi connectivity index (χ4n) is 2.11. The molecule has 1 aromatic rings. The minimum Gasteiger partial charge on any atom is -0.378 e. The van der Waals surface area contributed by atoms with Crippen LogP contribution in [0.15, 0.2) is 12.1 Å². The van der Waals surface area contributed by atoms with Crippen LogP contribution >= 0.6 is 0 Å². The summed E-state index contributed by atoms with van der Waals surface area (Å²) in [6.45, 7) is 8.89. The first kappa shape index (κ1) is 12.1. The lowest BCUT2D eigenvalue weighted by Gasteiger charge is -2.27. The highest BCUT2D eigenvalue weighted by molar-refractivity contribution is 5.94. The fourth-order valence-corrected chi connectivity index (χ4v) is 2.11. The molecule has 17 heavy (non-hydrogen) atoms. The molecule has 0 aromatic heterocycles. The van der Waals surface area contributed by atoms with Gasteiger partial charge in [-0.3, -0.25) is 4.79 Å². The summed E-state index contributed by atoms with van der Waals surface area (Å²) in [5, 5.41) is 0. The van der Waals surface area contributed by atoms with Gasteiger partial charge in [-0.2, -0.15) is 0 Å². The summed E-state index contributed by atoms with van der Waals surface area (Å²) in [4.78, 5) is 14.2. The van der Waals surface area contributed by atoms with E-state index in [9.17, 15) is 4.79 Å². The van der Waals surface area contributed by atoms with Crippen molar-refractivity contribution in [1.82, 2.24) is 4.90 Å². The van der Waals surface area contributed by atoms with Gasteiger partial charge in [-0.1, -0.05) is 0 Å². The van der Waals surface area contributed by atoms with E-state index in [4.69, 9.17) is 4.74 Å². The molecule has 0 radical (unpaired) electrons. The first-order valence-corrected chi connectivity index (χ1v) is 6.04. The second-order valence-electron chi connectivity index (χ2n) is 4.64. The van der Waals surface area contributed by atoms with Crippen molar-refractivity contribution in [3.63, 3.8) is 0 Å². The first-order valence-electron chi connectivity index (χ1n) is 6.04. The highest BCUT2D eigenvalue weighted by Crippen LogP contribution is 2.17. The Morgan fingerprint density at radius 1 is 1.12 bits per heavy atom.